The van der Waals surface area contributed by atoms with Gasteiger partial charge in [-0.15, -0.1) is 0 Å². The summed E-state index contributed by atoms with van der Waals surface area (Å²) in [7, 11) is 0. The molecule has 0 aliphatic carbocycles. The van der Waals surface area contributed by atoms with Crippen LogP contribution in [-0.2, 0) is 9.53 Å². The number of aromatic nitrogens is 2. The number of pyridine rings is 1. The third-order valence-corrected chi connectivity index (χ3v) is 3.40. The van der Waals surface area contributed by atoms with E-state index in [9.17, 15) is 9.59 Å². The predicted molar refractivity (Wildman–Crippen MR) is 95.8 cm³/mol. The average molecular weight is 362 g/mol. The number of aromatic amines is 1. The largest absolute Gasteiger partial charge is 0.394 e. The molecule has 0 saturated carbocycles. The predicted octanol–water partition coefficient (Wildman–Crippen LogP) is -0.311. The van der Waals surface area contributed by atoms with Crippen molar-refractivity contribution in [2.75, 3.05) is 31.7 Å². The molecule has 0 fully saturated rings. The molecule has 0 aliphatic rings. The number of aliphatic hydroxyl groups excluding tert-OH is 1. The second kappa shape index (κ2) is 8.94. The molecular weight excluding hydrogens is 340 g/mol. The summed E-state index contributed by atoms with van der Waals surface area (Å²) in [4.78, 5) is 30.6. The van der Waals surface area contributed by atoms with Gasteiger partial charge in [-0.3, -0.25) is 9.59 Å². The van der Waals surface area contributed by atoms with Crippen LogP contribution in [0.2, 0.25) is 0 Å². The molecule has 140 valence electrons. The molecule has 0 bridgehead atoms. The Morgan fingerprint density at radius 1 is 1.42 bits per heavy atom. The van der Waals surface area contributed by atoms with E-state index in [1.54, 1.807) is 12.1 Å². The van der Waals surface area contributed by atoms with Gasteiger partial charge in [-0.1, -0.05) is 0 Å². The van der Waals surface area contributed by atoms with E-state index in [0.717, 1.165) is 0 Å². The van der Waals surface area contributed by atoms with Gasteiger partial charge in [0.15, 0.2) is 5.78 Å². The van der Waals surface area contributed by atoms with Gasteiger partial charge in [-0.2, -0.15) is 0 Å². The molecule has 0 aromatic carbocycles. The standard InChI is InChI=1S/C16H22N6O4/c1-10(24)14-7-11-6-12(8-19-15(11)21-14)20-16(25)13(17)9-22(18)2-4-26-5-3-23/h6-9,23H,2-5,17-18H2,1H3,(H,19,21)(H,20,25)/b13-9-. The van der Waals surface area contributed by atoms with Crippen LogP contribution in [0.3, 0.4) is 0 Å². The van der Waals surface area contributed by atoms with E-state index in [2.05, 4.69) is 15.3 Å². The maximum absolute atomic E-state index is 12.1. The number of Topliss-reactive ketones (excluding diaryl/α,β-unsaturated/α-hetero) is 1. The van der Waals surface area contributed by atoms with Crippen LogP contribution in [0.1, 0.15) is 17.4 Å². The molecule has 1 amide bonds. The summed E-state index contributed by atoms with van der Waals surface area (Å²) in [5.41, 5.74) is 7.06. The highest BCUT2D eigenvalue weighted by Crippen LogP contribution is 2.18. The molecule has 0 aliphatic heterocycles. The molecule has 7 N–H and O–H groups in total. The number of amides is 1. The lowest BCUT2D eigenvalue weighted by atomic mass is 10.2. The molecule has 0 saturated heterocycles. The van der Waals surface area contributed by atoms with Crippen LogP contribution < -0.4 is 16.9 Å². The third-order valence-electron chi connectivity index (χ3n) is 3.40. The minimum atomic E-state index is -0.541. The van der Waals surface area contributed by atoms with Gasteiger partial charge < -0.3 is 30.9 Å². The zero-order valence-corrected chi connectivity index (χ0v) is 14.4. The van der Waals surface area contributed by atoms with Crippen LogP contribution in [0.5, 0.6) is 0 Å². The molecule has 2 rings (SSSR count). The lowest BCUT2D eigenvalue weighted by Gasteiger charge is -2.14. The van der Waals surface area contributed by atoms with E-state index in [1.165, 1.54) is 24.3 Å². The SMILES string of the molecule is CC(=O)c1cc2cc(NC(=O)/C(N)=C/N(N)CCOCCO)cnc2[nH]1. The number of aliphatic hydroxyl groups is 1. The van der Waals surface area contributed by atoms with Crippen molar-refractivity contribution in [1.82, 2.24) is 15.0 Å². The first-order chi connectivity index (χ1) is 12.4. The maximum atomic E-state index is 12.1. The first-order valence-electron chi connectivity index (χ1n) is 7.89. The number of ketones is 1. The highest BCUT2D eigenvalue weighted by molar-refractivity contribution is 6.04. The van der Waals surface area contributed by atoms with E-state index in [4.69, 9.17) is 21.4 Å². The monoisotopic (exact) mass is 362 g/mol. The van der Waals surface area contributed by atoms with Crippen molar-refractivity contribution in [2.24, 2.45) is 11.6 Å². The van der Waals surface area contributed by atoms with Crippen LogP contribution in [0.25, 0.3) is 11.0 Å². The van der Waals surface area contributed by atoms with E-state index in [-0.39, 0.29) is 31.3 Å². The van der Waals surface area contributed by atoms with Crippen molar-refractivity contribution in [1.29, 1.82) is 0 Å². The Balaban J connectivity index is 1.98. The normalized spacial score (nSPS) is 11.6. The fraction of sp³-hybridized carbons (Fsp3) is 0.312. The van der Waals surface area contributed by atoms with Gasteiger partial charge in [-0.05, 0) is 12.1 Å². The molecule has 10 heteroatoms. The highest BCUT2D eigenvalue weighted by atomic mass is 16.5. The maximum Gasteiger partial charge on any atom is 0.273 e. The van der Waals surface area contributed by atoms with E-state index in [1.807, 2.05) is 0 Å². The van der Waals surface area contributed by atoms with Crippen LogP contribution in [0.4, 0.5) is 5.69 Å². The highest BCUT2D eigenvalue weighted by Gasteiger charge is 2.10. The van der Waals surface area contributed by atoms with Gasteiger partial charge in [0.1, 0.15) is 11.3 Å². The molecule has 0 atom stereocenters. The van der Waals surface area contributed by atoms with Crippen LogP contribution in [0, 0.1) is 0 Å². The van der Waals surface area contributed by atoms with Crippen molar-refractivity contribution in [3.05, 3.63) is 35.9 Å². The number of rotatable bonds is 9. The third kappa shape index (κ3) is 5.28. The number of fused-ring (bicyclic) bond motifs is 1. The number of hydrazine groups is 1. The molecule has 2 aromatic rings. The number of nitrogens with zero attached hydrogens (tertiary/aromatic N) is 2. The number of nitrogens with one attached hydrogen (secondary N) is 2. The minimum Gasteiger partial charge on any atom is -0.394 e. The van der Waals surface area contributed by atoms with Crippen LogP contribution in [-0.4, -0.2) is 58.1 Å². The van der Waals surface area contributed by atoms with Crippen LogP contribution >= 0.6 is 0 Å². The van der Waals surface area contributed by atoms with Crippen molar-refractivity contribution in [2.45, 2.75) is 6.92 Å². The fourth-order valence-corrected chi connectivity index (χ4v) is 2.12. The summed E-state index contributed by atoms with van der Waals surface area (Å²) in [6, 6.07) is 3.34. The number of carbonyl (C=O) groups is 2. The number of anilines is 1. The van der Waals surface area contributed by atoms with Gasteiger partial charge in [0.25, 0.3) is 5.91 Å². The summed E-state index contributed by atoms with van der Waals surface area (Å²) < 4.78 is 5.07. The Bertz CT molecular complexity index is 816. The van der Waals surface area contributed by atoms with Gasteiger partial charge in [0, 0.05) is 18.5 Å². The zero-order chi connectivity index (χ0) is 19.1. The molecule has 2 aromatic heterocycles. The zero-order valence-electron chi connectivity index (χ0n) is 14.4. The lowest BCUT2D eigenvalue weighted by Crippen LogP contribution is -2.32. The number of H-pyrrole nitrogens is 1. The molecule has 26 heavy (non-hydrogen) atoms. The lowest BCUT2D eigenvalue weighted by molar-refractivity contribution is -0.113. The van der Waals surface area contributed by atoms with E-state index < -0.39 is 5.91 Å². The smallest absolute Gasteiger partial charge is 0.273 e. The van der Waals surface area contributed by atoms with Crippen molar-refractivity contribution in [3.63, 3.8) is 0 Å². The van der Waals surface area contributed by atoms with E-state index in [0.29, 0.717) is 29.0 Å². The van der Waals surface area contributed by atoms with Crippen molar-refractivity contribution < 1.29 is 19.4 Å². The Hall–Kier alpha value is -2.95. The molecule has 0 spiro atoms. The second-order valence-corrected chi connectivity index (χ2v) is 5.51. The molecule has 2 heterocycles. The summed E-state index contributed by atoms with van der Waals surface area (Å²) in [5, 5.41) is 13.1. The Morgan fingerprint density at radius 2 is 2.19 bits per heavy atom. The molecule has 0 radical (unpaired) electrons. The Labute approximate surface area is 149 Å². The number of nitrogens with two attached hydrogens (primary N) is 2. The fourth-order valence-electron chi connectivity index (χ4n) is 2.12. The van der Waals surface area contributed by atoms with Gasteiger partial charge in [0.05, 0.1) is 43.9 Å². The quantitative estimate of drug-likeness (QED) is 0.133. The number of ether oxygens (including phenoxy) is 1. The summed E-state index contributed by atoms with van der Waals surface area (Å²) in [6.45, 7) is 2.19. The summed E-state index contributed by atoms with van der Waals surface area (Å²) >= 11 is 0. The summed E-state index contributed by atoms with van der Waals surface area (Å²) in [5.74, 6) is 5.05. The van der Waals surface area contributed by atoms with Crippen molar-refractivity contribution >= 4 is 28.4 Å². The molecular formula is C16H22N6O4. The minimum absolute atomic E-state index is 0.0710. The first kappa shape index (κ1) is 19.4. The van der Waals surface area contributed by atoms with Gasteiger partial charge in [0.2, 0.25) is 0 Å². The van der Waals surface area contributed by atoms with Gasteiger partial charge >= 0.3 is 0 Å². The van der Waals surface area contributed by atoms with E-state index >= 15 is 0 Å². The number of hydrogen-bond donors (Lipinski definition) is 5. The first-order valence-corrected chi connectivity index (χ1v) is 7.89. The Kier molecular flexibility index (Phi) is 6.67. The average Bonchev–Trinajstić information content (AvgIpc) is 3.02. The number of carbonyl (C=O) groups excluding carboxylic acids is 2. The van der Waals surface area contributed by atoms with Gasteiger partial charge in [-0.25, -0.2) is 10.8 Å². The topological polar surface area (TPSA) is 160 Å². The summed E-state index contributed by atoms with van der Waals surface area (Å²) in [6.07, 6.45) is 2.74. The molecule has 0 unspecified atom stereocenters. The number of hydrogen-bond acceptors (Lipinski definition) is 8. The van der Waals surface area contributed by atoms with Crippen LogP contribution in [0.15, 0.2) is 30.2 Å². The Morgan fingerprint density at radius 3 is 2.88 bits per heavy atom. The van der Waals surface area contributed by atoms with Crippen molar-refractivity contribution in [3.8, 4) is 0 Å². The molecule has 10 nitrogen and oxygen atoms in total. The second-order valence-electron chi connectivity index (χ2n) is 5.51.